The highest BCUT2D eigenvalue weighted by molar-refractivity contribution is 9.09. The van der Waals surface area contributed by atoms with Gasteiger partial charge in [0.05, 0.1) is 10.7 Å². The Balaban J connectivity index is 2.37. The summed E-state index contributed by atoms with van der Waals surface area (Å²) in [5.41, 5.74) is 0.691. The van der Waals surface area contributed by atoms with Crippen LogP contribution < -0.4 is 4.90 Å². The van der Waals surface area contributed by atoms with Gasteiger partial charge in [-0.2, -0.15) is 0 Å². The van der Waals surface area contributed by atoms with Gasteiger partial charge in [0.2, 0.25) is 5.91 Å². The van der Waals surface area contributed by atoms with E-state index in [-0.39, 0.29) is 10.7 Å². The molecule has 0 spiro atoms. The van der Waals surface area contributed by atoms with E-state index in [1.807, 2.05) is 0 Å². The molecule has 1 unspecified atom stereocenters. The van der Waals surface area contributed by atoms with Crippen molar-refractivity contribution in [2.75, 3.05) is 11.4 Å². The topological polar surface area (TPSA) is 20.3 Å². The molecule has 1 aliphatic heterocycles. The normalized spacial score (nSPS) is 21.1. The van der Waals surface area contributed by atoms with Crippen molar-refractivity contribution in [3.8, 4) is 0 Å². The number of hydrogen-bond acceptors (Lipinski definition) is 1. The van der Waals surface area contributed by atoms with Crippen molar-refractivity contribution in [2.45, 2.75) is 11.2 Å². The van der Waals surface area contributed by atoms with Crippen LogP contribution in [0.25, 0.3) is 0 Å². The first kappa shape index (κ1) is 11.2. The van der Waals surface area contributed by atoms with Gasteiger partial charge in [0.1, 0.15) is 0 Å². The van der Waals surface area contributed by atoms with Crippen molar-refractivity contribution >= 4 is 50.7 Å². The molecule has 0 aliphatic carbocycles. The number of nitrogens with zero attached hydrogens (tertiary/aromatic N) is 1. The SMILES string of the molecule is O=C1CC(Br)CN1c1cc(Cl)ccc1Cl. The van der Waals surface area contributed by atoms with E-state index < -0.39 is 0 Å². The van der Waals surface area contributed by atoms with Crippen LogP contribution in [-0.4, -0.2) is 17.3 Å². The van der Waals surface area contributed by atoms with Gasteiger partial charge in [0.15, 0.2) is 0 Å². The van der Waals surface area contributed by atoms with Crippen LogP contribution in [0.2, 0.25) is 10.0 Å². The lowest BCUT2D eigenvalue weighted by atomic mass is 10.3. The van der Waals surface area contributed by atoms with Crippen molar-refractivity contribution in [1.29, 1.82) is 0 Å². The summed E-state index contributed by atoms with van der Waals surface area (Å²) < 4.78 is 0. The maximum Gasteiger partial charge on any atom is 0.228 e. The first-order chi connectivity index (χ1) is 7.08. The van der Waals surface area contributed by atoms with Crippen LogP contribution in [0.5, 0.6) is 0 Å². The average molecular weight is 309 g/mol. The highest BCUT2D eigenvalue weighted by Gasteiger charge is 2.29. The number of halogens is 3. The highest BCUT2D eigenvalue weighted by atomic mass is 79.9. The molecular weight excluding hydrogens is 301 g/mol. The van der Waals surface area contributed by atoms with Gasteiger partial charge in [-0.15, -0.1) is 0 Å². The quantitative estimate of drug-likeness (QED) is 0.727. The number of anilines is 1. The maximum absolute atomic E-state index is 11.6. The van der Waals surface area contributed by atoms with Crippen molar-refractivity contribution < 1.29 is 4.79 Å². The fourth-order valence-electron chi connectivity index (χ4n) is 1.59. The first-order valence-corrected chi connectivity index (χ1v) is 6.14. The number of hydrogen-bond donors (Lipinski definition) is 0. The van der Waals surface area contributed by atoms with Gasteiger partial charge in [0, 0.05) is 22.8 Å². The lowest BCUT2D eigenvalue weighted by molar-refractivity contribution is -0.117. The molecule has 1 atom stereocenters. The van der Waals surface area contributed by atoms with Gasteiger partial charge in [-0.1, -0.05) is 39.1 Å². The van der Waals surface area contributed by atoms with Crippen LogP contribution in [-0.2, 0) is 4.79 Å². The Kier molecular flexibility index (Phi) is 3.24. The van der Waals surface area contributed by atoms with Crippen LogP contribution in [0, 0.1) is 0 Å². The van der Waals surface area contributed by atoms with Crippen LogP contribution in [0.15, 0.2) is 18.2 Å². The molecule has 1 heterocycles. The van der Waals surface area contributed by atoms with E-state index in [0.717, 1.165) is 0 Å². The van der Waals surface area contributed by atoms with E-state index >= 15 is 0 Å². The van der Waals surface area contributed by atoms with E-state index in [4.69, 9.17) is 23.2 Å². The second-order valence-electron chi connectivity index (χ2n) is 3.40. The molecular formula is C10H8BrCl2NO. The number of alkyl halides is 1. The minimum atomic E-state index is 0.0704. The molecule has 2 rings (SSSR count). The van der Waals surface area contributed by atoms with Gasteiger partial charge in [-0.25, -0.2) is 0 Å². The molecule has 0 N–H and O–H groups in total. The van der Waals surface area contributed by atoms with Gasteiger partial charge in [0.25, 0.3) is 0 Å². The fourth-order valence-corrected chi connectivity index (χ4v) is 2.54. The molecule has 1 saturated heterocycles. The highest BCUT2D eigenvalue weighted by Crippen LogP contribution is 2.33. The summed E-state index contributed by atoms with van der Waals surface area (Å²) >= 11 is 15.3. The summed E-state index contributed by atoms with van der Waals surface area (Å²) in [7, 11) is 0. The standard InChI is InChI=1S/C10H8BrCl2NO/c11-6-3-10(15)14(5-6)9-4-7(12)1-2-8(9)13/h1-2,4,6H,3,5H2. The Morgan fingerprint density at radius 1 is 1.40 bits per heavy atom. The Bertz CT molecular complexity index is 410. The third kappa shape index (κ3) is 2.30. The van der Waals surface area contributed by atoms with E-state index in [9.17, 15) is 4.79 Å². The Labute approximate surface area is 106 Å². The van der Waals surface area contributed by atoms with Crippen molar-refractivity contribution in [3.63, 3.8) is 0 Å². The zero-order valence-corrected chi connectivity index (χ0v) is 10.8. The van der Waals surface area contributed by atoms with Gasteiger partial charge in [-0.3, -0.25) is 4.79 Å². The molecule has 15 heavy (non-hydrogen) atoms. The number of rotatable bonds is 1. The molecule has 5 heteroatoms. The predicted octanol–water partition coefficient (Wildman–Crippen LogP) is 3.49. The Morgan fingerprint density at radius 3 is 2.73 bits per heavy atom. The Morgan fingerprint density at radius 2 is 2.13 bits per heavy atom. The molecule has 0 saturated carbocycles. The molecule has 0 aromatic heterocycles. The molecule has 1 aliphatic rings. The summed E-state index contributed by atoms with van der Waals surface area (Å²) in [6.45, 7) is 0.638. The minimum absolute atomic E-state index is 0.0704. The van der Waals surface area contributed by atoms with Gasteiger partial charge in [-0.05, 0) is 18.2 Å². The van der Waals surface area contributed by atoms with Crippen LogP contribution >= 0.6 is 39.1 Å². The molecule has 0 bridgehead atoms. The van der Waals surface area contributed by atoms with Crippen LogP contribution in [0.3, 0.4) is 0 Å². The van der Waals surface area contributed by atoms with Crippen molar-refractivity contribution in [1.82, 2.24) is 0 Å². The van der Waals surface area contributed by atoms with Crippen LogP contribution in [0.4, 0.5) is 5.69 Å². The smallest absolute Gasteiger partial charge is 0.228 e. The largest absolute Gasteiger partial charge is 0.310 e. The molecule has 1 aromatic carbocycles. The molecule has 80 valence electrons. The molecule has 1 fully saturated rings. The predicted molar refractivity (Wildman–Crippen MR) is 66.1 cm³/mol. The molecule has 1 amide bonds. The van der Waals surface area contributed by atoms with Crippen LogP contribution in [0.1, 0.15) is 6.42 Å². The third-order valence-electron chi connectivity index (χ3n) is 2.28. The summed E-state index contributed by atoms with van der Waals surface area (Å²) in [5.74, 6) is 0.0704. The summed E-state index contributed by atoms with van der Waals surface area (Å²) in [6.07, 6.45) is 0.503. The molecule has 0 radical (unpaired) electrons. The lowest BCUT2D eigenvalue weighted by Crippen LogP contribution is -2.24. The molecule has 2 nitrogen and oxygen atoms in total. The first-order valence-electron chi connectivity index (χ1n) is 4.47. The second-order valence-corrected chi connectivity index (χ2v) is 5.54. The molecule has 1 aromatic rings. The number of amides is 1. The maximum atomic E-state index is 11.6. The lowest BCUT2D eigenvalue weighted by Gasteiger charge is -2.17. The second kappa shape index (κ2) is 4.32. The van der Waals surface area contributed by atoms with E-state index in [1.54, 1.807) is 23.1 Å². The number of benzene rings is 1. The summed E-state index contributed by atoms with van der Waals surface area (Å²) in [5, 5.41) is 1.13. The summed E-state index contributed by atoms with van der Waals surface area (Å²) in [6, 6.07) is 5.13. The average Bonchev–Trinajstić information content (AvgIpc) is 2.50. The zero-order chi connectivity index (χ0) is 11.0. The monoisotopic (exact) mass is 307 g/mol. The summed E-state index contributed by atoms with van der Waals surface area (Å²) in [4.78, 5) is 13.5. The van der Waals surface area contributed by atoms with Gasteiger partial charge >= 0.3 is 0 Å². The third-order valence-corrected chi connectivity index (χ3v) is 3.44. The van der Waals surface area contributed by atoms with Gasteiger partial charge < -0.3 is 4.90 Å². The fraction of sp³-hybridized carbons (Fsp3) is 0.300. The van der Waals surface area contributed by atoms with E-state index in [0.29, 0.717) is 28.7 Å². The van der Waals surface area contributed by atoms with Crippen molar-refractivity contribution in [2.24, 2.45) is 0 Å². The number of carbonyl (C=O) groups excluding carboxylic acids is 1. The van der Waals surface area contributed by atoms with Crippen molar-refractivity contribution in [3.05, 3.63) is 28.2 Å². The van der Waals surface area contributed by atoms with E-state index in [2.05, 4.69) is 15.9 Å². The number of carbonyl (C=O) groups is 1. The Hall–Kier alpha value is -0.250. The zero-order valence-electron chi connectivity index (χ0n) is 7.71. The van der Waals surface area contributed by atoms with E-state index in [1.165, 1.54) is 0 Å². The minimum Gasteiger partial charge on any atom is -0.310 e.